The summed E-state index contributed by atoms with van der Waals surface area (Å²) in [6.45, 7) is 2.38. The minimum atomic E-state index is -3.72. The summed E-state index contributed by atoms with van der Waals surface area (Å²) in [5.41, 5.74) is 8.10. The smallest absolute Gasteiger partial charge is 0.350 e. The fraction of sp³-hybridized carbons (Fsp3) is 0.211. The fourth-order valence-corrected chi connectivity index (χ4v) is 5.82. The van der Waals surface area contributed by atoms with Crippen molar-refractivity contribution in [2.24, 2.45) is 0 Å². The van der Waals surface area contributed by atoms with Crippen LogP contribution in [0.25, 0.3) is 10.1 Å². The molecule has 140 valence electrons. The van der Waals surface area contributed by atoms with Gasteiger partial charge in [0.15, 0.2) is 0 Å². The predicted molar refractivity (Wildman–Crippen MR) is 107 cm³/mol. The number of para-hydroxylation sites is 1. The van der Waals surface area contributed by atoms with Crippen molar-refractivity contribution in [3.05, 3.63) is 52.9 Å². The average Bonchev–Trinajstić information content (AvgIpc) is 3.23. The lowest BCUT2D eigenvalue weighted by molar-refractivity contribution is 0.0533. The normalized spacial score (nSPS) is 13.7. The maximum atomic E-state index is 13.2. The predicted octanol–water partition coefficient (Wildman–Crippen LogP) is 3.41. The van der Waals surface area contributed by atoms with Crippen LogP contribution in [0, 0.1) is 0 Å². The number of nitrogens with zero attached hydrogens (tertiary/aromatic N) is 1. The van der Waals surface area contributed by atoms with E-state index in [-0.39, 0.29) is 17.2 Å². The van der Waals surface area contributed by atoms with Crippen LogP contribution in [0.2, 0.25) is 0 Å². The first kappa shape index (κ1) is 17.8. The number of hydrogen-bond donors (Lipinski definition) is 1. The number of sulfonamides is 1. The van der Waals surface area contributed by atoms with E-state index in [9.17, 15) is 13.2 Å². The average molecular weight is 402 g/mol. The SMILES string of the molecule is CCOC(=O)c1sc2ccc(S(=O)(=O)N3CCc4ccccc43)cc2c1N. The van der Waals surface area contributed by atoms with E-state index >= 15 is 0 Å². The zero-order valence-electron chi connectivity index (χ0n) is 14.6. The molecule has 2 heterocycles. The van der Waals surface area contributed by atoms with Crippen molar-refractivity contribution in [1.82, 2.24) is 0 Å². The molecule has 27 heavy (non-hydrogen) atoms. The summed E-state index contributed by atoms with van der Waals surface area (Å²) < 4.78 is 33.6. The Kier molecular flexibility index (Phi) is 4.32. The van der Waals surface area contributed by atoms with Gasteiger partial charge in [0.05, 0.1) is 22.9 Å². The highest BCUT2D eigenvalue weighted by Crippen LogP contribution is 2.38. The fourth-order valence-electron chi connectivity index (χ4n) is 3.29. The van der Waals surface area contributed by atoms with E-state index in [1.54, 1.807) is 25.1 Å². The van der Waals surface area contributed by atoms with E-state index in [0.717, 1.165) is 10.3 Å². The van der Waals surface area contributed by atoms with E-state index < -0.39 is 16.0 Å². The van der Waals surface area contributed by atoms with Crippen molar-refractivity contribution in [1.29, 1.82) is 0 Å². The van der Waals surface area contributed by atoms with Gasteiger partial charge in [0.1, 0.15) is 4.88 Å². The number of hydrogen-bond acceptors (Lipinski definition) is 6. The van der Waals surface area contributed by atoms with Crippen LogP contribution in [0.1, 0.15) is 22.2 Å². The van der Waals surface area contributed by atoms with Crippen molar-refractivity contribution in [3.8, 4) is 0 Å². The molecule has 0 saturated heterocycles. The monoisotopic (exact) mass is 402 g/mol. The Balaban J connectivity index is 1.78. The Morgan fingerprint density at radius 2 is 2.04 bits per heavy atom. The number of ether oxygens (including phenoxy) is 1. The van der Waals surface area contributed by atoms with Gasteiger partial charge in [-0.2, -0.15) is 0 Å². The van der Waals surface area contributed by atoms with Crippen molar-refractivity contribution in [2.45, 2.75) is 18.2 Å². The minimum Gasteiger partial charge on any atom is -0.462 e. The van der Waals surface area contributed by atoms with Crippen LogP contribution >= 0.6 is 11.3 Å². The molecule has 0 saturated carbocycles. The number of carbonyl (C=O) groups excluding carboxylic acids is 1. The molecule has 0 amide bonds. The van der Waals surface area contributed by atoms with Crippen LogP contribution in [-0.2, 0) is 21.2 Å². The Morgan fingerprint density at radius 3 is 2.81 bits per heavy atom. The lowest BCUT2D eigenvalue weighted by Gasteiger charge is -2.19. The molecule has 0 bridgehead atoms. The summed E-state index contributed by atoms with van der Waals surface area (Å²) in [7, 11) is -3.72. The number of nitrogens with two attached hydrogens (primary N) is 1. The van der Waals surface area contributed by atoms with Gasteiger partial charge in [-0.15, -0.1) is 11.3 Å². The number of carbonyl (C=O) groups is 1. The van der Waals surface area contributed by atoms with Crippen LogP contribution in [0.3, 0.4) is 0 Å². The molecule has 0 atom stereocenters. The maximum absolute atomic E-state index is 13.2. The zero-order chi connectivity index (χ0) is 19.2. The third-order valence-electron chi connectivity index (χ3n) is 4.59. The van der Waals surface area contributed by atoms with Gasteiger partial charge >= 0.3 is 5.97 Å². The second-order valence-corrected chi connectivity index (χ2v) is 9.09. The molecule has 0 radical (unpaired) electrons. The summed E-state index contributed by atoms with van der Waals surface area (Å²) in [6.07, 6.45) is 0.686. The number of fused-ring (bicyclic) bond motifs is 2. The highest BCUT2D eigenvalue weighted by Gasteiger charge is 2.31. The summed E-state index contributed by atoms with van der Waals surface area (Å²) in [5.74, 6) is -0.492. The molecule has 2 aromatic carbocycles. The Labute approximate surface area is 161 Å². The first-order valence-electron chi connectivity index (χ1n) is 8.53. The number of esters is 1. The first-order valence-corrected chi connectivity index (χ1v) is 10.8. The molecule has 6 nitrogen and oxygen atoms in total. The van der Waals surface area contributed by atoms with E-state index in [0.29, 0.717) is 28.9 Å². The van der Waals surface area contributed by atoms with Crippen LogP contribution < -0.4 is 10.0 Å². The topological polar surface area (TPSA) is 89.7 Å². The van der Waals surface area contributed by atoms with E-state index in [2.05, 4.69) is 0 Å². The molecule has 8 heteroatoms. The Bertz CT molecular complexity index is 1150. The third kappa shape index (κ3) is 2.85. The highest BCUT2D eigenvalue weighted by atomic mass is 32.2. The quantitative estimate of drug-likeness (QED) is 0.676. The van der Waals surface area contributed by atoms with Crippen molar-refractivity contribution in [3.63, 3.8) is 0 Å². The number of nitrogen functional groups attached to an aromatic ring is 1. The zero-order valence-corrected chi connectivity index (χ0v) is 16.3. The first-order chi connectivity index (χ1) is 12.9. The van der Waals surface area contributed by atoms with Crippen molar-refractivity contribution >= 4 is 48.8 Å². The van der Waals surface area contributed by atoms with Crippen LogP contribution in [0.15, 0.2) is 47.4 Å². The van der Waals surface area contributed by atoms with Crippen molar-refractivity contribution < 1.29 is 17.9 Å². The molecule has 4 rings (SSSR count). The third-order valence-corrected chi connectivity index (χ3v) is 7.57. The number of rotatable bonds is 4. The number of anilines is 2. The van der Waals surface area contributed by atoms with E-state index in [4.69, 9.17) is 10.5 Å². The standard InChI is InChI=1S/C19H18N2O4S2/c1-2-25-19(22)18-17(20)14-11-13(7-8-16(14)26-18)27(23,24)21-10-9-12-5-3-4-6-15(12)21/h3-8,11H,2,9-10,20H2,1H3. The van der Waals surface area contributed by atoms with Gasteiger partial charge in [0, 0.05) is 16.6 Å². The van der Waals surface area contributed by atoms with E-state index in [1.165, 1.54) is 15.6 Å². The Morgan fingerprint density at radius 1 is 1.26 bits per heavy atom. The summed E-state index contributed by atoms with van der Waals surface area (Å²) in [6, 6.07) is 12.3. The summed E-state index contributed by atoms with van der Waals surface area (Å²) in [5, 5.41) is 0.552. The highest BCUT2D eigenvalue weighted by molar-refractivity contribution is 7.92. The number of thiophene rings is 1. The molecule has 2 N–H and O–H groups in total. The van der Waals surface area contributed by atoms with Crippen LogP contribution in [0.5, 0.6) is 0 Å². The largest absolute Gasteiger partial charge is 0.462 e. The molecule has 1 aliphatic rings. The summed E-state index contributed by atoms with van der Waals surface area (Å²) >= 11 is 1.20. The lowest BCUT2D eigenvalue weighted by Crippen LogP contribution is -2.29. The molecule has 0 unspecified atom stereocenters. The molecule has 1 aliphatic heterocycles. The second kappa shape index (κ2) is 6.54. The van der Waals surface area contributed by atoms with Gasteiger partial charge in [0.2, 0.25) is 0 Å². The second-order valence-electron chi connectivity index (χ2n) is 6.18. The van der Waals surface area contributed by atoms with Gasteiger partial charge in [-0.3, -0.25) is 4.31 Å². The van der Waals surface area contributed by atoms with Crippen molar-refractivity contribution in [2.75, 3.05) is 23.2 Å². The molecule has 0 spiro atoms. The van der Waals surface area contributed by atoms with Gasteiger partial charge in [0.25, 0.3) is 10.0 Å². The molecule has 3 aromatic rings. The number of benzene rings is 2. The van der Waals surface area contributed by atoms with Crippen LogP contribution in [0.4, 0.5) is 11.4 Å². The maximum Gasteiger partial charge on any atom is 0.350 e. The molecular weight excluding hydrogens is 384 g/mol. The Hall–Kier alpha value is -2.58. The summed E-state index contributed by atoms with van der Waals surface area (Å²) in [4.78, 5) is 12.5. The molecule has 0 fully saturated rings. The molecular formula is C19H18N2O4S2. The van der Waals surface area contributed by atoms with E-state index in [1.807, 2.05) is 24.3 Å². The lowest BCUT2D eigenvalue weighted by atomic mass is 10.2. The van der Waals surface area contributed by atoms with Gasteiger partial charge in [-0.25, -0.2) is 13.2 Å². The van der Waals surface area contributed by atoms with Crippen LogP contribution in [-0.4, -0.2) is 27.5 Å². The molecule has 0 aliphatic carbocycles. The minimum absolute atomic E-state index is 0.159. The van der Waals surface area contributed by atoms with Gasteiger partial charge < -0.3 is 10.5 Å². The molecule has 1 aromatic heterocycles. The van der Waals surface area contributed by atoms with Gasteiger partial charge in [-0.1, -0.05) is 18.2 Å². The van der Waals surface area contributed by atoms with Gasteiger partial charge in [-0.05, 0) is 43.2 Å².